The zero-order valence-corrected chi connectivity index (χ0v) is 9.29. The van der Waals surface area contributed by atoms with Gasteiger partial charge in [0.05, 0.1) is 11.4 Å². The van der Waals surface area contributed by atoms with E-state index >= 15 is 0 Å². The molecule has 0 radical (unpaired) electrons. The molecule has 15 heavy (non-hydrogen) atoms. The van der Waals surface area contributed by atoms with Gasteiger partial charge in [-0.05, 0) is 31.3 Å². The molecule has 2 heterocycles. The predicted molar refractivity (Wildman–Crippen MR) is 63.8 cm³/mol. The van der Waals surface area contributed by atoms with Crippen LogP contribution >= 0.6 is 12.2 Å². The molecule has 0 aromatic carbocycles. The van der Waals surface area contributed by atoms with Gasteiger partial charge < -0.3 is 4.90 Å². The third-order valence-electron chi connectivity index (χ3n) is 2.09. The first-order valence-corrected chi connectivity index (χ1v) is 5.19. The number of hydrogen-bond acceptors (Lipinski definition) is 3. The molecule has 4 nitrogen and oxygen atoms in total. The van der Waals surface area contributed by atoms with Crippen LogP contribution in [0.25, 0.3) is 0 Å². The fraction of sp³-hybridized carbons (Fsp3) is 0.300. The van der Waals surface area contributed by atoms with E-state index in [1.165, 1.54) is 0 Å². The molecule has 2 rings (SSSR count). The fourth-order valence-corrected chi connectivity index (χ4v) is 1.32. The molecule has 1 saturated heterocycles. The summed E-state index contributed by atoms with van der Waals surface area (Å²) >= 11 is 5.10. The summed E-state index contributed by atoms with van der Waals surface area (Å²) in [5.74, 6) is 0. The Labute approximate surface area is 94.0 Å². The average molecular weight is 220 g/mol. The van der Waals surface area contributed by atoms with Gasteiger partial charge in [0.25, 0.3) is 0 Å². The van der Waals surface area contributed by atoms with Gasteiger partial charge in [0.2, 0.25) is 0 Å². The van der Waals surface area contributed by atoms with Gasteiger partial charge in [0.1, 0.15) is 0 Å². The Morgan fingerprint density at radius 2 is 2.33 bits per heavy atom. The monoisotopic (exact) mass is 220 g/mol. The van der Waals surface area contributed by atoms with Crippen LogP contribution in [0.4, 0.5) is 0 Å². The lowest BCUT2D eigenvalue weighted by Gasteiger charge is -2.04. The summed E-state index contributed by atoms with van der Waals surface area (Å²) in [6.45, 7) is 3.97. The second kappa shape index (κ2) is 4.35. The molecule has 1 aliphatic rings. The quantitative estimate of drug-likeness (QED) is 0.349. The third-order valence-corrected chi connectivity index (χ3v) is 2.44. The van der Waals surface area contributed by atoms with Crippen molar-refractivity contribution < 1.29 is 0 Å². The number of nitrogens with zero attached hydrogens (tertiary/aromatic N) is 3. The van der Waals surface area contributed by atoms with E-state index in [0.29, 0.717) is 5.11 Å². The van der Waals surface area contributed by atoms with E-state index in [4.69, 9.17) is 12.2 Å². The molecular weight excluding hydrogens is 208 g/mol. The summed E-state index contributed by atoms with van der Waals surface area (Å²) in [4.78, 5) is 6.22. The van der Waals surface area contributed by atoms with Crippen LogP contribution in [0, 0.1) is 0 Å². The van der Waals surface area contributed by atoms with Crippen molar-refractivity contribution in [1.82, 2.24) is 15.3 Å². The van der Waals surface area contributed by atoms with E-state index in [0.717, 1.165) is 24.5 Å². The summed E-state index contributed by atoms with van der Waals surface area (Å²) < 4.78 is 0. The maximum atomic E-state index is 5.10. The zero-order chi connectivity index (χ0) is 10.7. The Hall–Kier alpha value is -1.49. The number of nitrogens with one attached hydrogen (secondary N) is 1. The summed E-state index contributed by atoms with van der Waals surface area (Å²) in [5.41, 5.74) is 4.54. The molecule has 1 N–H and O–H groups in total. The van der Waals surface area contributed by atoms with Crippen LogP contribution in [0.1, 0.15) is 12.6 Å². The van der Waals surface area contributed by atoms with Gasteiger partial charge >= 0.3 is 0 Å². The Bertz CT molecular complexity index is 384. The van der Waals surface area contributed by atoms with E-state index in [1.54, 1.807) is 6.20 Å². The molecule has 0 saturated carbocycles. The molecule has 5 heteroatoms. The van der Waals surface area contributed by atoms with Crippen LogP contribution in [-0.4, -0.2) is 33.8 Å². The molecule has 78 valence electrons. The molecule has 1 fully saturated rings. The van der Waals surface area contributed by atoms with Gasteiger partial charge in [-0.15, -0.1) is 0 Å². The van der Waals surface area contributed by atoms with Gasteiger partial charge in [-0.2, -0.15) is 5.10 Å². The largest absolute Gasteiger partial charge is 0.344 e. The highest BCUT2D eigenvalue weighted by Gasteiger charge is 2.19. The molecule has 1 aromatic heterocycles. The van der Waals surface area contributed by atoms with E-state index in [9.17, 15) is 0 Å². The van der Waals surface area contributed by atoms with Crippen LogP contribution < -0.4 is 5.43 Å². The van der Waals surface area contributed by atoms with Gasteiger partial charge in [-0.3, -0.25) is 10.4 Å². The van der Waals surface area contributed by atoms with Crippen LogP contribution in [0.3, 0.4) is 0 Å². The van der Waals surface area contributed by atoms with Crippen molar-refractivity contribution in [3.8, 4) is 0 Å². The first kappa shape index (κ1) is 10.0. The Morgan fingerprint density at radius 3 is 2.93 bits per heavy atom. The van der Waals surface area contributed by atoms with E-state index in [1.807, 2.05) is 30.0 Å². The molecule has 0 amide bonds. The summed E-state index contributed by atoms with van der Waals surface area (Å²) in [5, 5.41) is 4.86. The highest BCUT2D eigenvalue weighted by Crippen LogP contribution is 2.03. The van der Waals surface area contributed by atoms with E-state index < -0.39 is 0 Å². The van der Waals surface area contributed by atoms with Crippen LogP contribution in [0.5, 0.6) is 0 Å². The maximum absolute atomic E-state index is 5.10. The van der Waals surface area contributed by atoms with Crippen LogP contribution in [0.2, 0.25) is 0 Å². The van der Waals surface area contributed by atoms with Gasteiger partial charge in [0.15, 0.2) is 5.11 Å². The lowest BCUT2D eigenvalue weighted by Crippen LogP contribution is -2.24. The average Bonchev–Trinajstić information content (AvgIpc) is 3.10. The van der Waals surface area contributed by atoms with Gasteiger partial charge in [-0.1, -0.05) is 6.07 Å². The molecule has 1 aliphatic heterocycles. The lowest BCUT2D eigenvalue weighted by molar-refractivity contribution is 0.795. The van der Waals surface area contributed by atoms with Crippen LogP contribution in [-0.2, 0) is 0 Å². The van der Waals surface area contributed by atoms with Crippen molar-refractivity contribution in [3.05, 3.63) is 30.1 Å². The second-order valence-electron chi connectivity index (χ2n) is 3.32. The summed E-state index contributed by atoms with van der Waals surface area (Å²) in [6.07, 6.45) is 1.75. The van der Waals surface area contributed by atoms with Crippen molar-refractivity contribution in [2.45, 2.75) is 6.92 Å². The second-order valence-corrected chi connectivity index (χ2v) is 3.70. The number of aromatic nitrogens is 1. The third kappa shape index (κ3) is 2.73. The van der Waals surface area contributed by atoms with Crippen molar-refractivity contribution in [2.75, 3.05) is 13.1 Å². The van der Waals surface area contributed by atoms with E-state index in [-0.39, 0.29) is 0 Å². The number of hydrazone groups is 1. The Balaban J connectivity index is 1.97. The van der Waals surface area contributed by atoms with Crippen molar-refractivity contribution in [2.24, 2.45) is 5.10 Å². The normalized spacial score (nSPS) is 15.0. The number of hydrogen-bond donors (Lipinski definition) is 1. The minimum absolute atomic E-state index is 0.685. The first-order chi connectivity index (χ1) is 7.27. The highest BCUT2D eigenvalue weighted by molar-refractivity contribution is 7.80. The smallest absolute Gasteiger partial charge is 0.189 e. The summed E-state index contributed by atoms with van der Waals surface area (Å²) in [6, 6.07) is 5.73. The van der Waals surface area contributed by atoms with E-state index in [2.05, 4.69) is 15.5 Å². The number of thiocarbonyl (C=S) groups is 1. The zero-order valence-electron chi connectivity index (χ0n) is 8.47. The van der Waals surface area contributed by atoms with Gasteiger partial charge in [0, 0.05) is 19.3 Å². The first-order valence-electron chi connectivity index (χ1n) is 4.78. The molecule has 0 spiro atoms. The summed E-state index contributed by atoms with van der Waals surface area (Å²) in [7, 11) is 0. The predicted octanol–water partition coefficient (Wildman–Crippen LogP) is 0.996. The molecule has 0 bridgehead atoms. The van der Waals surface area contributed by atoms with Crippen molar-refractivity contribution in [3.63, 3.8) is 0 Å². The molecule has 0 atom stereocenters. The lowest BCUT2D eigenvalue weighted by atomic mass is 10.3. The minimum atomic E-state index is 0.685. The van der Waals surface area contributed by atoms with Gasteiger partial charge in [-0.25, -0.2) is 0 Å². The van der Waals surface area contributed by atoms with Crippen molar-refractivity contribution >= 4 is 23.0 Å². The SMILES string of the molecule is C/C(=N\NC(=S)N1CC1)c1ccccn1. The highest BCUT2D eigenvalue weighted by atomic mass is 32.1. The fourth-order valence-electron chi connectivity index (χ4n) is 1.09. The maximum Gasteiger partial charge on any atom is 0.189 e. The minimum Gasteiger partial charge on any atom is -0.344 e. The number of pyridine rings is 1. The Kier molecular flexibility index (Phi) is 2.91. The van der Waals surface area contributed by atoms with Crippen molar-refractivity contribution in [1.29, 1.82) is 0 Å². The molecular formula is C10H12N4S. The van der Waals surface area contributed by atoms with Crippen LogP contribution in [0.15, 0.2) is 29.5 Å². The molecule has 1 aromatic rings. The topological polar surface area (TPSA) is 40.3 Å². The molecule has 0 aliphatic carbocycles. The number of rotatable bonds is 2. The molecule has 0 unspecified atom stereocenters. The Morgan fingerprint density at radius 1 is 1.53 bits per heavy atom. The standard InChI is InChI=1S/C10H12N4S/c1-8(9-4-2-3-5-11-9)12-13-10(15)14-6-7-14/h2-5H,6-7H2,1H3,(H,13,15)/b12-8+.